The molecule has 2 heterocycles. The highest BCUT2D eigenvalue weighted by Crippen LogP contribution is 2.35. The Morgan fingerprint density at radius 2 is 2.11 bits per heavy atom. The lowest BCUT2D eigenvalue weighted by Gasteiger charge is -2.37. The van der Waals surface area contributed by atoms with E-state index in [2.05, 4.69) is 15.0 Å². The molecular formula is C24H23Cl2F2N7O2. The normalized spacial score (nSPS) is 22.2. The zero-order chi connectivity index (χ0) is 26.7. The summed E-state index contributed by atoms with van der Waals surface area (Å²) < 4.78 is 29.8. The molecule has 194 valence electrons. The molecular weight excluding hydrogens is 527 g/mol. The minimum atomic E-state index is -2.99. The van der Waals surface area contributed by atoms with Crippen molar-refractivity contribution in [1.29, 1.82) is 5.26 Å². The number of nitrogens with two attached hydrogens (primary N) is 1. The van der Waals surface area contributed by atoms with Crippen molar-refractivity contribution < 1.29 is 18.3 Å². The lowest BCUT2D eigenvalue weighted by atomic mass is 9.94. The van der Waals surface area contributed by atoms with Gasteiger partial charge in [-0.1, -0.05) is 35.3 Å². The first-order valence-electron chi connectivity index (χ1n) is 11.3. The molecule has 1 saturated heterocycles. The number of nitriles is 1. The molecule has 3 N–H and O–H groups in total. The van der Waals surface area contributed by atoms with Crippen LogP contribution in [0.1, 0.15) is 25.3 Å². The first-order chi connectivity index (χ1) is 17.6. The molecule has 13 heteroatoms. The summed E-state index contributed by atoms with van der Waals surface area (Å²) in [7, 11) is 0. The van der Waals surface area contributed by atoms with Gasteiger partial charge in [-0.05, 0) is 44.0 Å². The third kappa shape index (κ3) is 5.61. The number of ether oxygens (including phenoxy) is 1. The number of hydrogen-bond donors (Lipinski definition) is 2. The number of hydrazone groups is 1. The van der Waals surface area contributed by atoms with Crippen molar-refractivity contribution >= 4 is 46.5 Å². The molecule has 37 heavy (non-hydrogen) atoms. The van der Waals surface area contributed by atoms with Crippen molar-refractivity contribution in [2.75, 3.05) is 13.1 Å². The van der Waals surface area contributed by atoms with Crippen LogP contribution in [-0.2, 0) is 4.79 Å². The van der Waals surface area contributed by atoms with Gasteiger partial charge in [0.25, 0.3) is 0 Å². The third-order valence-electron chi connectivity index (χ3n) is 6.40. The molecule has 2 aromatic rings. The molecule has 0 spiro atoms. The van der Waals surface area contributed by atoms with Gasteiger partial charge in [-0.3, -0.25) is 15.0 Å². The van der Waals surface area contributed by atoms with Crippen molar-refractivity contribution in [1.82, 2.24) is 15.2 Å². The molecule has 2 aliphatic heterocycles. The van der Waals surface area contributed by atoms with Crippen LogP contribution in [0.2, 0.25) is 10.0 Å². The Kier molecular flexibility index (Phi) is 7.82. The molecule has 9 nitrogen and oxygen atoms in total. The van der Waals surface area contributed by atoms with Gasteiger partial charge in [0.2, 0.25) is 11.9 Å². The maximum Gasteiger partial charge on any atom is 0.387 e. The monoisotopic (exact) mass is 549 g/mol. The lowest BCUT2D eigenvalue weighted by Crippen LogP contribution is -2.58. The van der Waals surface area contributed by atoms with Crippen molar-refractivity contribution in [3.05, 3.63) is 58.1 Å². The van der Waals surface area contributed by atoms with Crippen LogP contribution in [0.3, 0.4) is 0 Å². The number of primary amides is 1. The lowest BCUT2D eigenvalue weighted by molar-refractivity contribution is -0.128. The van der Waals surface area contributed by atoms with Crippen molar-refractivity contribution in [3.8, 4) is 11.9 Å². The fourth-order valence-corrected chi connectivity index (χ4v) is 4.87. The number of hydrogen-bond acceptors (Lipinski definition) is 6. The highest BCUT2D eigenvalue weighted by molar-refractivity contribution is 6.42. The van der Waals surface area contributed by atoms with E-state index in [0.29, 0.717) is 34.3 Å². The zero-order valence-corrected chi connectivity index (χ0v) is 21.2. The fraction of sp³-hybridized carbons (Fsp3) is 0.333. The Hall–Kier alpha value is -3.46. The van der Waals surface area contributed by atoms with Gasteiger partial charge >= 0.3 is 6.61 Å². The quantitative estimate of drug-likeness (QED) is 0.242. The van der Waals surface area contributed by atoms with Gasteiger partial charge in [0.1, 0.15) is 5.75 Å². The summed E-state index contributed by atoms with van der Waals surface area (Å²) in [4.78, 5) is 18.9. The van der Waals surface area contributed by atoms with Crippen LogP contribution in [0.5, 0.6) is 5.75 Å². The Bertz CT molecular complexity index is 1300. The summed E-state index contributed by atoms with van der Waals surface area (Å²) in [5, 5.41) is 18.8. The van der Waals surface area contributed by atoms with Gasteiger partial charge < -0.3 is 10.5 Å². The Labute approximate surface area is 222 Å². The number of nitrogens with zero attached hydrogens (tertiary/aromatic N) is 5. The van der Waals surface area contributed by atoms with Gasteiger partial charge in [0.15, 0.2) is 6.19 Å². The Morgan fingerprint density at radius 3 is 2.78 bits per heavy atom. The topological polar surface area (TPSA) is 119 Å². The molecule has 0 radical (unpaired) electrons. The Morgan fingerprint density at radius 1 is 1.32 bits per heavy atom. The smallest absolute Gasteiger partial charge is 0.387 e. The SMILES string of the molecule is C[C@]1(C(N)=O)CCCN1C1CN(C(=Nc2cccc(OC(F)F)c2)NC#N)N=C1c1ccc(Cl)c(Cl)c1. The summed E-state index contributed by atoms with van der Waals surface area (Å²) in [6.07, 6.45) is 3.18. The van der Waals surface area contributed by atoms with Crippen LogP contribution < -0.4 is 15.8 Å². The van der Waals surface area contributed by atoms with Gasteiger partial charge in [-0.15, -0.1) is 0 Å². The van der Waals surface area contributed by atoms with Crippen LogP contribution >= 0.6 is 23.2 Å². The number of guanidine groups is 1. The number of benzene rings is 2. The molecule has 0 saturated carbocycles. The summed E-state index contributed by atoms with van der Waals surface area (Å²) in [5.74, 6) is -0.477. The number of likely N-dealkylation sites (tertiary alicyclic amines) is 1. The van der Waals surface area contributed by atoms with Gasteiger partial charge in [-0.2, -0.15) is 19.1 Å². The number of amides is 1. The molecule has 4 rings (SSSR count). The summed E-state index contributed by atoms with van der Waals surface area (Å²) in [6.45, 7) is -0.370. The molecule has 1 fully saturated rings. The number of aliphatic imine (C=N–C) groups is 1. The molecule has 1 unspecified atom stereocenters. The fourth-order valence-electron chi connectivity index (χ4n) is 4.57. The number of alkyl halides is 2. The molecule has 2 aromatic carbocycles. The maximum absolute atomic E-state index is 12.7. The molecule has 1 amide bonds. The van der Waals surface area contributed by atoms with E-state index in [1.165, 1.54) is 23.2 Å². The average Bonchev–Trinajstić information content (AvgIpc) is 3.45. The second-order valence-corrected chi connectivity index (χ2v) is 9.51. The number of halogens is 4. The zero-order valence-electron chi connectivity index (χ0n) is 19.7. The molecule has 0 aliphatic carbocycles. The highest BCUT2D eigenvalue weighted by atomic mass is 35.5. The number of nitrogens with one attached hydrogen (secondary N) is 1. The van der Waals surface area contributed by atoms with Gasteiger partial charge in [-0.25, -0.2) is 10.0 Å². The first kappa shape index (κ1) is 26.6. The van der Waals surface area contributed by atoms with E-state index >= 15 is 0 Å². The largest absolute Gasteiger partial charge is 0.435 e. The minimum Gasteiger partial charge on any atom is -0.435 e. The first-order valence-corrected chi connectivity index (χ1v) is 12.0. The van der Waals surface area contributed by atoms with Crippen LogP contribution in [0.4, 0.5) is 14.5 Å². The average molecular weight is 550 g/mol. The maximum atomic E-state index is 12.7. The molecule has 0 aromatic heterocycles. The van der Waals surface area contributed by atoms with E-state index < -0.39 is 24.1 Å². The van der Waals surface area contributed by atoms with E-state index in [1.54, 1.807) is 31.2 Å². The summed E-state index contributed by atoms with van der Waals surface area (Å²) >= 11 is 12.4. The van der Waals surface area contributed by atoms with Crippen LogP contribution in [-0.4, -0.2) is 58.8 Å². The summed E-state index contributed by atoms with van der Waals surface area (Å²) in [6, 6.07) is 10.4. The van der Waals surface area contributed by atoms with Crippen LogP contribution in [0.15, 0.2) is 52.6 Å². The second-order valence-electron chi connectivity index (χ2n) is 8.70. The number of carbonyl (C=O) groups excluding carboxylic acids is 1. The van der Waals surface area contributed by atoms with Gasteiger partial charge in [0, 0.05) is 18.2 Å². The molecule has 2 atom stereocenters. The van der Waals surface area contributed by atoms with E-state index in [1.807, 2.05) is 11.1 Å². The van der Waals surface area contributed by atoms with E-state index in [-0.39, 0.29) is 23.9 Å². The van der Waals surface area contributed by atoms with E-state index in [9.17, 15) is 18.8 Å². The third-order valence-corrected chi connectivity index (χ3v) is 7.14. The van der Waals surface area contributed by atoms with E-state index in [0.717, 1.165) is 6.42 Å². The number of carbonyl (C=O) groups is 1. The summed E-state index contributed by atoms with van der Waals surface area (Å²) in [5.41, 5.74) is 6.40. The van der Waals surface area contributed by atoms with Crippen LogP contribution in [0, 0.1) is 11.5 Å². The van der Waals surface area contributed by atoms with Crippen molar-refractivity contribution in [2.45, 2.75) is 38.0 Å². The Balaban J connectivity index is 1.75. The molecule has 0 bridgehead atoms. The number of rotatable bonds is 6. The predicted molar refractivity (Wildman–Crippen MR) is 136 cm³/mol. The van der Waals surface area contributed by atoms with Crippen molar-refractivity contribution in [3.63, 3.8) is 0 Å². The second kappa shape index (κ2) is 10.9. The predicted octanol–water partition coefficient (Wildman–Crippen LogP) is 4.08. The van der Waals surface area contributed by atoms with Crippen molar-refractivity contribution in [2.24, 2.45) is 15.8 Å². The van der Waals surface area contributed by atoms with Crippen LogP contribution in [0.25, 0.3) is 0 Å². The minimum absolute atomic E-state index is 0.0525. The van der Waals surface area contributed by atoms with E-state index in [4.69, 9.17) is 34.0 Å². The molecule has 2 aliphatic rings. The standard InChI is InChI=1S/C24H23Cl2F2N7O2/c1-24(21(30)36)8-3-9-34(24)19-12-35(33-20(19)14-6-7-17(25)18(26)10-14)23(31-13-29)32-15-4-2-5-16(11-15)37-22(27)28/h2,4-7,10-11,19,22H,3,8-9,12H2,1H3,(H2,30,36)(H,31,32)/t19?,24-/m1/s1. The highest BCUT2D eigenvalue weighted by Gasteiger charge is 2.48. The van der Waals surface area contributed by atoms with Gasteiger partial charge in [0.05, 0.1) is 39.6 Å².